The van der Waals surface area contributed by atoms with E-state index in [-0.39, 0.29) is 17.7 Å². The van der Waals surface area contributed by atoms with Crippen molar-refractivity contribution in [2.45, 2.75) is 31.6 Å². The lowest BCUT2D eigenvalue weighted by molar-refractivity contribution is -0.115. The molecule has 7 nitrogen and oxygen atoms in total. The zero-order valence-corrected chi connectivity index (χ0v) is 13.8. The van der Waals surface area contributed by atoms with E-state index in [1.54, 1.807) is 12.1 Å². The number of primary amides is 1. The molecule has 2 aromatic rings. The van der Waals surface area contributed by atoms with Gasteiger partial charge in [-0.3, -0.25) is 9.59 Å². The van der Waals surface area contributed by atoms with Crippen molar-refractivity contribution in [3.63, 3.8) is 0 Å². The molecule has 0 fully saturated rings. The highest BCUT2D eigenvalue weighted by Crippen LogP contribution is 2.20. The number of benzene rings is 1. The van der Waals surface area contributed by atoms with Crippen LogP contribution >= 0.6 is 11.8 Å². The zero-order chi connectivity index (χ0) is 16.8. The Bertz CT molecular complexity index is 686. The zero-order valence-electron chi connectivity index (χ0n) is 13.0. The summed E-state index contributed by atoms with van der Waals surface area (Å²) < 4.78 is 1.86. The van der Waals surface area contributed by atoms with Gasteiger partial charge in [0.25, 0.3) is 5.91 Å². The fourth-order valence-corrected chi connectivity index (χ4v) is 2.84. The van der Waals surface area contributed by atoms with E-state index in [4.69, 9.17) is 5.73 Å². The Morgan fingerprint density at radius 3 is 2.61 bits per heavy atom. The topological polar surface area (TPSA) is 103 Å². The van der Waals surface area contributed by atoms with Crippen LogP contribution in [0.2, 0.25) is 0 Å². The Labute approximate surface area is 138 Å². The van der Waals surface area contributed by atoms with Crippen LogP contribution < -0.4 is 11.1 Å². The molecule has 1 aromatic carbocycles. The number of carbonyl (C=O) groups excluding carboxylic acids is 2. The SMILES string of the molecule is CCn1c(SCC(N)=O)nnc1[C@@H](C)NC(=O)c1ccccc1. The van der Waals surface area contributed by atoms with Crippen LogP contribution in [0.5, 0.6) is 0 Å². The summed E-state index contributed by atoms with van der Waals surface area (Å²) in [6.45, 7) is 4.43. The second kappa shape index (κ2) is 7.77. The number of nitrogens with two attached hydrogens (primary N) is 1. The second-order valence-electron chi connectivity index (χ2n) is 4.90. The van der Waals surface area contributed by atoms with Gasteiger partial charge in [-0.2, -0.15) is 0 Å². The summed E-state index contributed by atoms with van der Waals surface area (Å²) in [7, 11) is 0. The molecule has 0 bridgehead atoms. The lowest BCUT2D eigenvalue weighted by atomic mass is 10.2. The molecule has 0 radical (unpaired) electrons. The first-order valence-corrected chi connectivity index (χ1v) is 8.21. The minimum Gasteiger partial charge on any atom is -0.369 e. The van der Waals surface area contributed by atoms with E-state index in [1.807, 2.05) is 36.6 Å². The molecule has 2 rings (SSSR count). The van der Waals surface area contributed by atoms with Crippen molar-refractivity contribution in [3.05, 3.63) is 41.7 Å². The van der Waals surface area contributed by atoms with Gasteiger partial charge in [-0.15, -0.1) is 10.2 Å². The minimum atomic E-state index is -0.410. The molecule has 0 aliphatic rings. The van der Waals surface area contributed by atoms with Gasteiger partial charge in [-0.1, -0.05) is 30.0 Å². The fourth-order valence-electron chi connectivity index (χ4n) is 2.09. The molecule has 0 unspecified atom stereocenters. The van der Waals surface area contributed by atoms with Crippen molar-refractivity contribution in [1.29, 1.82) is 0 Å². The highest BCUT2D eigenvalue weighted by molar-refractivity contribution is 7.99. The van der Waals surface area contributed by atoms with Crippen molar-refractivity contribution < 1.29 is 9.59 Å². The van der Waals surface area contributed by atoms with Gasteiger partial charge in [0.1, 0.15) is 0 Å². The molecule has 2 amide bonds. The van der Waals surface area contributed by atoms with E-state index in [9.17, 15) is 9.59 Å². The van der Waals surface area contributed by atoms with Crippen LogP contribution in [0, 0.1) is 0 Å². The number of amides is 2. The summed E-state index contributed by atoms with van der Waals surface area (Å²) in [5.41, 5.74) is 5.74. The molecule has 0 spiro atoms. The maximum Gasteiger partial charge on any atom is 0.251 e. The van der Waals surface area contributed by atoms with Crippen molar-refractivity contribution >= 4 is 23.6 Å². The molecule has 0 aliphatic heterocycles. The first-order valence-electron chi connectivity index (χ1n) is 7.23. The van der Waals surface area contributed by atoms with E-state index in [0.29, 0.717) is 23.1 Å². The molecule has 0 aliphatic carbocycles. The van der Waals surface area contributed by atoms with E-state index in [2.05, 4.69) is 15.5 Å². The smallest absolute Gasteiger partial charge is 0.251 e. The molecule has 1 heterocycles. The molecule has 3 N–H and O–H groups in total. The monoisotopic (exact) mass is 333 g/mol. The van der Waals surface area contributed by atoms with Crippen molar-refractivity contribution in [2.75, 3.05) is 5.75 Å². The average molecular weight is 333 g/mol. The number of carbonyl (C=O) groups is 2. The van der Waals surface area contributed by atoms with Crippen LogP contribution in [-0.4, -0.2) is 32.3 Å². The van der Waals surface area contributed by atoms with Crippen molar-refractivity contribution in [1.82, 2.24) is 20.1 Å². The van der Waals surface area contributed by atoms with Gasteiger partial charge < -0.3 is 15.6 Å². The van der Waals surface area contributed by atoms with E-state index in [0.717, 1.165) is 0 Å². The van der Waals surface area contributed by atoms with Gasteiger partial charge >= 0.3 is 0 Å². The Morgan fingerprint density at radius 2 is 2.00 bits per heavy atom. The van der Waals surface area contributed by atoms with Crippen LogP contribution in [0.4, 0.5) is 0 Å². The maximum absolute atomic E-state index is 12.2. The molecule has 122 valence electrons. The summed E-state index contributed by atoms with van der Waals surface area (Å²) in [6.07, 6.45) is 0. The summed E-state index contributed by atoms with van der Waals surface area (Å²) in [5, 5.41) is 11.7. The Hall–Kier alpha value is -2.35. The predicted octanol–water partition coefficient (Wildman–Crippen LogP) is 1.37. The standard InChI is InChI=1S/C15H19N5O2S/c1-3-20-13(18-19-15(20)23-9-12(16)21)10(2)17-14(22)11-7-5-4-6-8-11/h4-8,10H,3,9H2,1-2H3,(H2,16,21)(H,17,22)/t10-/m1/s1. The molecule has 1 atom stereocenters. The number of rotatable bonds is 7. The molecular formula is C15H19N5O2S. The van der Waals surface area contributed by atoms with Gasteiger partial charge in [0, 0.05) is 12.1 Å². The lowest BCUT2D eigenvalue weighted by Crippen LogP contribution is -2.28. The van der Waals surface area contributed by atoms with Gasteiger partial charge in [0.2, 0.25) is 5.91 Å². The van der Waals surface area contributed by atoms with Crippen molar-refractivity contribution in [2.24, 2.45) is 5.73 Å². The molecular weight excluding hydrogens is 314 g/mol. The van der Waals surface area contributed by atoms with Crippen LogP contribution in [0.25, 0.3) is 0 Å². The van der Waals surface area contributed by atoms with E-state index >= 15 is 0 Å². The molecule has 8 heteroatoms. The molecule has 23 heavy (non-hydrogen) atoms. The number of hydrogen-bond acceptors (Lipinski definition) is 5. The largest absolute Gasteiger partial charge is 0.369 e. The van der Waals surface area contributed by atoms with Gasteiger partial charge in [0.15, 0.2) is 11.0 Å². The van der Waals surface area contributed by atoms with Crippen LogP contribution in [0.15, 0.2) is 35.5 Å². The van der Waals surface area contributed by atoms with Crippen LogP contribution in [0.1, 0.15) is 36.1 Å². The van der Waals surface area contributed by atoms with E-state index in [1.165, 1.54) is 11.8 Å². The molecule has 0 saturated heterocycles. The summed E-state index contributed by atoms with van der Waals surface area (Å²) in [6, 6.07) is 8.68. The number of nitrogens with one attached hydrogen (secondary N) is 1. The average Bonchev–Trinajstić information content (AvgIpc) is 2.96. The number of thioether (sulfide) groups is 1. The summed E-state index contributed by atoms with van der Waals surface area (Å²) in [5.74, 6) is 0.203. The highest BCUT2D eigenvalue weighted by Gasteiger charge is 2.19. The Balaban J connectivity index is 2.11. The third kappa shape index (κ3) is 4.32. The third-order valence-corrected chi connectivity index (χ3v) is 4.17. The van der Waals surface area contributed by atoms with Gasteiger partial charge in [-0.25, -0.2) is 0 Å². The van der Waals surface area contributed by atoms with E-state index < -0.39 is 5.91 Å². The quantitative estimate of drug-likeness (QED) is 0.745. The third-order valence-electron chi connectivity index (χ3n) is 3.18. The number of hydrogen-bond donors (Lipinski definition) is 2. The van der Waals surface area contributed by atoms with Gasteiger partial charge in [0.05, 0.1) is 11.8 Å². The Kier molecular flexibility index (Phi) is 5.75. The Morgan fingerprint density at radius 1 is 1.30 bits per heavy atom. The fraction of sp³-hybridized carbons (Fsp3) is 0.333. The first-order chi connectivity index (χ1) is 11.0. The second-order valence-corrected chi connectivity index (χ2v) is 5.84. The number of aromatic nitrogens is 3. The van der Waals surface area contributed by atoms with Gasteiger partial charge in [-0.05, 0) is 26.0 Å². The van der Waals surface area contributed by atoms with Crippen LogP contribution in [-0.2, 0) is 11.3 Å². The first kappa shape index (κ1) is 17.0. The van der Waals surface area contributed by atoms with Crippen LogP contribution in [0.3, 0.4) is 0 Å². The normalized spacial score (nSPS) is 11.9. The number of nitrogens with zero attached hydrogens (tertiary/aromatic N) is 3. The van der Waals surface area contributed by atoms with Crippen molar-refractivity contribution in [3.8, 4) is 0 Å². The lowest BCUT2D eigenvalue weighted by Gasteiger charge is -2.15. The summed E-state index contributed by atoms with van der Waals surface area (Å²) in [4.78, 5) is 23.1. The summed E-state index contributed by atoms with van der Waals surface area (Å²) >= 11 is 1.24. The predicted molar refractivity (Wildman–Crippen MR) is 87.9 cm³/mol. The highest BCUT2D eigenvalue weighted by atomic mass is 32.2. The molecule has 0 saturated carbocycles. The maximum atomic E-state index is 12.2. The minimum absolute atomic E-state index is 0.142. The molecule has 1 aromatic heterocycles.